The predicted octanol–water partition coefficient (Wildman–Crippen LogP) is 2.71. The maximum atomic E-state index is 12.6. The molecule has 0 bridgehead atoms. The van der Waals surface area contributed by atoms with Crippen LogP contribution in [0.5, 0.6) is 0 Å². The van der Waals surface area contributed by atoms with Crippen molar-refractivity contribution in [2.45, 2.75) is 147 Å². The Kier molecular flexibility index (Phi) is 19.1. The Morgan fingerprint density at radius 1 is 0.892 bits per heavy atom. The molecule has 1 aliphatic rings. The van der Waals surface area contributed by atoms with Crippen molar-refractivity contribution in [2.24, 2.45) is 0 Å². The molecule has 218 valence electrons. The van der Waals surface area contributed by atoms with E-state index < -0.39 is 49.5 Å². The second-order valence-corrected chi connectivity index (χ2v) is 10.2. The molecule has 0 aromatic rings. The molecule has 9 heteroatoms. The Hall–Kier alpha value is -1.07. The van der Waals surface area contributed by atoms with Gasteiger partial charge < -0.3 is 40.3 Å². The number of hydrogen-bond donors (Lipinski definition) is 6. The molecule has 0 saturated carbocycles. The first-order valence-corrected chi connectivity index (χ1v) is 14.4. The van der Waals surface area contributed by atoms with Gasteiger partial charge in [-0.2, -0.15) is 0 Å². The van der Waals surface area contributed by atoms with E-state index in [1.165, 1.54) is 38.5 Å². The van der Waals surface area contributed by atoms with E-state index in [1.54, 1.807) is 6.08 Å². The van der Waals surface area contributed by atoms with Crippen LogP contribution in [-0.4, -0.2) is 87.5 Å². The minimum Gasteiger partial charge on any atom is -0.394 e. The normalized spacial score (nSPS) is 25.9. The van der Waals surface area contributed by atoms with Crippen LogP contribution in [0.4, 0.5) is 0 Å². The first kappa shape index (κ1) is 34.0. The van der Waals surface area contributed by atoms with Crippen LogP contribution in [-0.2, 0) is 14.3 Å². The summed E-state index contributed by atoms with van der Waals surface area (Å²) in [6, 6.07) is -0.791. The van der Waals surface area contributed by atoms with E-state index in [0.29, 0.717) is 6.42 Å². The lowest BCUT2D eigenvalue weighted by molar-refractivity contribution is -0.302. The lowest BCUT2D eigenvalue weighted by Gasteiger charge is -2.40. The van der Waals surface area contributed by atoms with E-state index in [4.69, 9.17) is 9.47 Å². The van der Waals surface area contributed by atoms with Gasteiger partial charge in [0.1, 0.15) is 24.4 Å². The Labute approximate surface area is 223 Å². The first-order valence-electron chi connectivity index (χ1n) is 14.4. The highest BCUT2D eigenvalue weighted by atomic mass is 16.7. The van der Waals surface area contributed by atoms with Gasteiger partial charge in [0.05, 0.1) is 25.4 Å². The van der Waals surface area contributed by atoms with Crippen LogP contribution in [0.25, 0.3) is 0 Å². The highest BCUT2D eigenvalue weighted by molar-refractivity contribution is 5.76. The van der Waals surface area contributed by atoms with Gasteiger partial charge in [-0.15, -0.1) is 0 Å². The Balaban J connectivity index is 2.60. The number of rotatable bonds is 21. The lowest BCUT2D eigenvalue weighted by Crippen LogP contribution is -2.60. The number of ether oxygens (including phenoxy) is 2. The predicted molar refractivity (Wildman–Crippen MR) is 143 cm³/mol. The van der Waals surface area contributed by atoms with Crippen molar-refractivity contribution >= 4 is 5.91 Å². The van der Waals surface area contributed by atoms with Crippen LogP contribution in [0, 0.1) is 0 Å². The average molecular weight is 532 g/mol. The number of allylic oxidation sites excluding steroid dienone is 1. The number of unbranched alkanes of at least 4 members (excludes halogenated alkanes) is 11. The second kappa shape index (κ2) is 20.8. The van der Waals surface area contributed by atoms with Gasteiger partial charge in [-0.1, -0.05) is 90.2 Å². The molecule has 37 heavy (non-hydrogen) atoms. The van der Waals surface area contributed by atoms with Gasteiger partial charge in [0, 0.05) is 6.42 Å². The van der Waals surface area contributed by atoms with E-state index in [2.05, 4.69) is 19.2 Å². The molecule has 1 fully saturated rings. The van der Waals surface area contributed by atoms with E-state index in [-0.39, 0.29) is 12.5 Å². The molecule has 7 atom stereocenters. The number of amides is 1. The third-order valence-corrected chi connectivity index (χ3v) is 6.86. The van der Waals surface area contributed by atoms with Crippen molar-refractivity contribution in [1.29, 1.82) is 0 Å². The topological polar surface area (TPSA) is 149 Å². The maximum Gasteiger partial charge on any atom is 0.220 e. The number of carbonyl (C=O) groups is 1. The number of carbonyl (C=O) groups excluding carboxylic acids is 1. The molecule has 0 aromatic heterocycles. The van der Waals surface area contributed by atoms with Gasteiger partial charge in [0.2, 0.25) is 5.91 Å². The number of hydrogen-bond acceptors (Lipinski definition) is 8. The van der Waals surface area contributed by atoms with E-state index >= 15 is 0 Å². The number of aliphatic hydroxyl groups excluding tert-OH is 5. The summed E-state index contributed by atoms with van der Waals surface area (Å²) in [7, 11) is 0. The van der Waals surface area contributed by atoms with Gasteiger partial charge in [0.15, 0.2) is 6.29 Å². The summed E-state index contributed by atoms with van der Waals surface area (Å²) >= 11 is 0. The zero-order valence-corrected chi connectivity index (χ0v) is 23.0. The molecular weight excluding hydrogens is 478 g/mol. The summed E-state index contributed by atoms with van der Waals surface area (Å²) in [5.74, 6) is -0.191. The van der Waals surface area contributed by atoms with Crippen LogP contribution in [0.1, 0.15) is 104 Å². The SMILES string of the molecule is CCCCCC/C=C/C(O)C(COC1OC(CO)C(O)C(O)C1O)NC(=O)CCCCCCCCCC. The van der Waals surface area contributed by atoms with Crippen molar-refractivity contribution in [3.05, 3.63) is 12.2 Å². The molecule has 1 aliphatic heterocycles. The Morgan fingerprint density at radius 3 is 2.11 bits per heavy atom. The monoisotopic (exact) mass is 531 g/mol. The summed E-state index contributed by atoms with van der Waals surface area (Å²) < 4.78 is 11.0. The number of aliphatic hydroxyl groups is 5. The van der Waals surface area contributed by atoms with Crippen molar-refractivity contribution in [2.75, 3.05) is 13.2 Å². The van der Waals surface area contributed by atoms with E-state index in [0.717, 1.165) is 44.9 Å². The Bertz CT molecular complexity index is 603. The van der Waals surface area contributed by atoms with Crippen LogP contribution >= 0.6 is 0 Å². The molecule has 9 nitrogen and oxygen atoms in total. The molecular formula is C28H53NO8. The van der Waals surface area contributed by atoms with Crippen molar-refractivity contribution in [3.63, 3.8) is 0 Å². The zero-order valence-electron chi connectivity index (χ0n) is 23.0. The van der Waals surface area contributed by atoms with Crippen LogP contribution in [0.15, 0.2) is 12.2 Å². The molecule has 1 rings (SSSR count). The van der Waals surface area contributed by atoms with Crippen molar-refractivity contribution in [1.82, 2.24) is 5.32 Å². The number of nitrogens with one attached hydrogen (secondary N) is 1. The van der Waals surface area contributed by atoms with Gasteiger partial charge in [-0.25, -0.2) is 0 Å². The standard InChI is InChI=1S/C28H53NO8/c1-3-5-7-9-11-12-14-16-18-24(32)29-21(22(31)17-15-13-10-8-6-4-2)20-36-28-27(35)26(34)25(33)23(19-30)37-28/h15,17,21-23,25-28,30-31,33-35H,3-14,16,18-20H2,1-2H3,(H,29,32)/b17-15+. The summed E-state index contributed by atoms with van der Waals surface area (Å²) in [6.07, 6.45) is 10.2. The van der Waals surface area contributed by atoms with Gasteiger partial charge in [-0.05, 0) is 19.3 Å². The van der Waals surface area contributed by atoms with Gasteiger partial charge in [0.25, 0.3) is 0 Å². The molecule has 7 unspecified atom stereocenters. The summed E-state index contributed by atoms with van der Waals surface area (Å²) in [5, 5.41) is 53.1. The first-order chi connectivity index (χ1) is 17.8. The van der Waals surface area contributed by atoms with E-state index in [1.807, 2.05) is 6.08 Å². The summed E-state index contributed by atoms with van der Waals surface area (Å²) in [6.45, 7) is 3.59. The molecule has 1 saturated heterocycles. The molecule has 0 aromatic carbocycles. The molecule has 0 radical (unpaired) electrons. The molecule has 0 aliphatic carbocycles. The smallest absolute Gasteiger partial charge is 0.220 e. The minimum atomic E-state index is -1.56. The minimum absolute atomic E-state index is 0.187. The molecule has 6 N–H and O–H groups in total. The largest absolute Gasteiger partial charge is 0.394 e. The quantitative estimate of drug-likeness (QED) is 0.0978. The van der Waals surface area contributed by atoms with E-state index in [9.17, 15) is 30.3 Å². The van der Waals surface area contributed by atoms with Gasteiger partial charge >= 0.3 is 0 Å². The third-order valence-electron chi connectivity index (χ3n) is 6.86. The molecule has 1 amide bonds. The average Bonchev–Trinajstić information content (AvgIpc) is 2.89. The summed E-state index contributed by atoms with van der Waals surface area (Å²) in [5.41, 5.74) is 0. The fourth-order valence-corrected chi connectivity index (χ4v) is 4.39. The van der Waals surface area contributed by atoms with Crippen molar-refractivity contribution < 1.29 is 39.8 Å². The highest BCUT2D eigenvalue weighted by Gasteiger charge is 2.44. The Morgan fingerprint density at radius 2 is 1.49 bits per heavy atom. The zero-order chi connectivity index (χ0) is 27.5. The van der Waals surface area contributed by atoms with Crippen LogP contribution < -0.4 is 5.32 Å². The van der Waals surface area contributed by atoms with Crippen LogP contribution in [0.2, 0.25) is 0 Å². The fraction of sp³-hybridized carbons (Fsp3) is 0.893. The van der Waals surface area contributed by atoms with Crippen molar-refractivity contribution in [3.8, 4) is 0 Å². The second-order valence-electron chi connectivity index (χ2n) is 10.2. The van der Waals surface area contributed by atoms with Crippen LogP contribution in [0.3, 0.4) is 0 Å². The molecule has 0 spiro atoms. The maximum absolute atomic E-state index is 12.6. The molecule has 1 heterocycles. The van der Waals surface area contributed by atoms with Gasteiger partial charge in [-0.3, -0.25) is 4.79 Å². The highest BCUT2D eigenvalue weighted by Crippen LogP contribution is 2.22. The fourth-order valence-electron chi connectivity index (χ4n) is 4.39. The lowest BCUT2D eigenvalue weighted by atomic mass is 9.99. The summed E-state index contributed by atoms with van der Waals surface area (Å²) in [4.78, 5) is 12.6. The third kappa shape index (κ3) is 14.0.